The Morgan fingerprint density at radius 1 is 1.22 bits per heavy atom. The maximum absolute atomic E-state index is 13.0. The van der Waals surface area contributed by atoms with Crippen molar-refractivity contribution >= 4 is 43.9 Å². The molecule has 1 aliphatic carbocycles. The molecule has 1 amide bonds. The lowest BCUT2D eigenvalue weighted by molar-refractivity contribution is -0.387. The molecular formula is C23H28N4O7S2. The van der Waals surface area contributed by atoms with Crippen LogP contribution in [0.25, 0.3) is 0 Å². The fraction of sp³-hybridized carbons (Fsp3) is 0.478. The van der Waals surface area contributed by atoms with Gasteiger partial charge in [0.25, 0.3) is 5.69 Å². The number of carbonyl (C=O) groups is 2. The third kappa shape index (κ3) is 5.28. The number of piperazine rings is 1. The first-order valence-corrected chi connectivity index (χ1v) is 13.9. The standard InChI is InChI=1S/C23H28N4O7S2/c1-15-7-8-16-18(13-15)35-22(21(16)23(29)34-2)24-20(28)14-25-9-11-26(12-10-25)36(32,33)19-6-4-3-5-17(19)27(30)31/h3-6,15H,7-14H2,1-2H3,(H,24,28)/t15-/m0/s1. The van der Waals surface area contributed by atoms with Gasteiger partial charge in [0.05, 0.1) is 24.1 Å². The Morgan fingerprint density at radius 2 is 1.92 bits per heavy atom. The molecule has 0 radical (unpaired) electrons. The molecule has 0 bridgehead atoms. The Balaban J connectivity index is 1.40. The Kier molecular flexibility index (Phi) is 7.73. The van der Waals surface area contributed by atoms with Gasteiger partial charge < -0.3 is 10.1 Å². The van der Waals surface area contributed by atoms with E-state index in [9.17, 15) is 28.1 Å². The van der Waals surface area contributed by atoms with Crippen LogP contribution in [0.5, 0.6) is 0 Å². The minimum Gasteiger partial charge on any atom is -0.465 e. The SMILES string of the molecule is COC(=O)c1c(NC(=O)CN2CCN(S(=O)(=O)c3ccccc3[N+](=O)[O-])CC2)sc2c1CC[C@H](C)C2. The molecule has 1 aromatic heterocycles. The summed E-state index contributed by atoms with van der Waals surface area (Å²) < 4.78 is 32.2. The number of nitrogens with zero attached hydrogens (tertiary/aromatic N) is 3. The minimum atomic E-state index is -4.05. The summed E-state index contributed by atoms with van der Waals surface area (Å²) in [4.78, 5) is 38.4. The third-order valence-electron chi connectivity index (χ3n) is 6.53. The molecule has 2 aliphatic rings. The number of amides is 1. The van der Waals surface area contributed by atoms with Crippen molar-refractivity contribution in [2.75, 3.05) is 45.2 Å². The third-order valence-corrected chi connectivity index (χ3v) is 9.65. The van der Waals surface area contributed by atoms with Crippen molar-refractivity contribution in [3.63, 3.8) is 0 Å². The first kappa shape index (κ1) is 26.2. The predicted molar refractivity (Wildman–Crippen MR) is 134 cm³/mol. The van der Waals surface area contributed by atoms with Gasteiger partial charge in [-0.25, -0.2) is 13.2 Å². The molecule has 194 valence electrons. The number of hydrogen-bond acceptors (Lipinski definition) is 9. The van der Waals surface area contributed by atoms with Gasteiger partial charge in [0.15, 0.2) is 4.90 Å². The number of ether oxygens (including phenoxy) is 1. The number of nitro benzene ring substituents is 1. The number of esters is 1. The summed E-state index contributed by atoms with van der Waals surface area (Å²) >= 11 is 1.41. The number of fused-ring (bicyclic) bond motifs is 1. The number of nitro groups is 1. The Hall–Kier alpha value is -2.87. The number of benzene rings is 1. The van der Waals surface area contributed by atoms with Gasteiger partial charge in [0.2, 0.25) is 15.9 Å². The quantitative estimate of drug-likeness (QED) is 0.324. The average molecular weight is 537 g/mol. The summed E-state index contributed by atoms with van der Waals surface area (Å²) in [6.07, 6.45) is 2.60. The van der Waals surface area contributed by atoms with Crippen LogP contribution < -0.4 is 5.32 Å². The molecule has 4 rings (SSSR count). The predicted octanol–water partition coefficient (Wildman–Crippen LogP) is 2.51. The maximum Gasteiger partial charge on any atom is 0.341 e. The molecule has 1 fully saturated rings. The second kappa shape index (κ2) is 10.6. The van der Waals surface area contributed by atoms with Crippen LogP contribution in [0.1, 0.15) is 34.1 Å². The number of nitrogens with one attached hydrogen (secondary N) is 1. The van der Waals surface area contributed by atoms with E-state index >= 15 is 0 Å². The first-order chi connectivity index (χ1) is 17.1. The lowest BCUT2D eigenvalue weighted by atomic mass is 9.88. The average Bonchev–Trinajstić information content (AvgIpc) is 3.20. The summed E-state index contributed by atoms with van der Waals surface area (Å²) in [5.74, 6) is -0.261. The van der Waals surface area contributed by atoms with Crippen LogP contribution in [-0.4, -0.2) is 74.3 Å². The van der Waals surface area contributed by atoms with Crippen LogP contribution in [-0.2, 0) is 32.4 Å². The van der Waals surface area contributed by atoms with Gasteiger partial charge in [-0.05, 0) is 36.8 Å². The van der Waals surface area contributed by atoms with Gasteiger partial charge in [-0.3, -0.25) is 19.8 Å². The number of thiophene rings is 1. The number of carbonyl (C=O) groups excluding carboxylic acids is 2. The van der Waals surface area contributed by atoms with E-state index in [4.69, 9.17) is 4.74 Å². The van der Waals surface area contributed by atoms with E-state index in [0.717, 1.165) is 29.7 Å². The number of anilines is 1. The summed E-state index contributed by atoms with van der Waals surface area (Å²) in [6, 6.07) is 5.27. The summed E-state index contributed by atoms with van der Waals surface area (Å²) in [7, 11) is -2.73. The monoisotopic (exact) mass is 536 g/mol. The normalized spacial score (nSPS) is 18.9. The van der Waals surface area contributed by atoms with E-state index in [-0.39, 0.29) is 43.5 Å². The van der Waals surface area contributed by atoms with Gasteiger partial charge in [0.1, 0.15) is 5.00 Å². The highest BCUT2D eigenvalue weighted by Gasteiger charge is 2.34. The van der Waals surface area contributed by atoms with Crippen molar-refractivity contribution in [3.05, 3.63) is 50.4 Å². The number of sulfonamides is 1. The van der Waals surface area contributed by atoms with Gasteiger partial charge in [-0.1, -0.05) is 19.1 Å². The zero-order chi connectivity index (χ0) is 26.0. The second-order valence-electron chi connectivity index (χ2n) is 9.00. The van der Waals surface area contributed by atoms with E-state index < -0.39 is 26.6 Å². The zero-order valence-corrected chi connectivity index (χ0v) is 21.7. The number of rotatable bonds is 7. The molecule has 1 saturated heterocycles. The number of para-hydroxylation sites is 1. The lowest BCUT2D eigenvalue weighted by Gasteiger charge is -2.33. The van der Waals surface area contributed by atoms with Crippen LogP contribution in [0.15, 0.2) is 29.2 Å². The molecule has 0 saturated carbocycles. The fourth-order valence-corrected chi connectivity index (χ4v) is 7.61. The summed E-state index contributed by atoms with van der Waals surface area (Å²) in [5, 5.41) is 14.6. The smallest absolute Gasteiger partial charge is 0.341 e. The Labute approximate surface area is 213 Å². The summed E-state index contributed by atoms with van der Waals surface area (Å²) in [5.41, 5.74) is 0.918. The number of methoxy groups -OCH3 is 1. The fourth-order valence-electron chi connectivity index (χ4n) is 4.62. The van der Waals surface area contributed by atoms with E-state index in [2.05, 4.69) is 12.2 Å². The van der Waals surface area contributed by atoms with Crippen molar-refractivity contribution in [3.8, 4) is 0 Å². The van der Waals surface area contributed by atoms with Gasteiger partial charge in [0, 0.05) is 37.1 Å². The largest absolute Gasteiger partial charge is 0.465 e. The Bertz CT molecular complexity index is 1280. The van der Waals surface area contributed by atoms with Gasteiger partial charge in [-0.15, -0.1) is 11.3 Å². The van der Waals surface area contributed by atoms with Crippen LogP contribution in [0, 0.1) is 16.0 Å². The van der Waals surface area contributed by atoms with Crippen LogP contribution in [0.3, 0.4) is 0 Å². The van der Waals surface area contributed by atoms with Crippen molar-refractivity contribution < 1.29 is 27.7 Å². The first-order valence-electron chi connectivity index (χ1n) is 11.6. The molecule has 1 atom stereocenters. The van der Waals surface area contributed by atoms with Crippen molar-refractivity contribution in [2.24, 2.45) is 5.92 Å². The molecule has 2 heterocycles. The molecule has 0 unspecified atom stereocenters. The number of hydrogen-bond donors (Lipinski definition) is 1. The van der Waals surface area contributed by atoms with E-state index in [1.807, 2.05) is 4.90 Å². The van der Waals surface area contributed by atoms with Crippen LogP contribution in [0.2, 0.25) is 0 Å². The van der Waals surface area contributed by atoms with Crippen molar-refractivity contribution in [1.82, 2.24) is 9.21 Å². The van der Waals surface area contributed by atoms with E-state index in [1.54, 1.807) is 0 Å². The zero-order valence-electron chi connectivity index (χ0n) is 20.1. The van der Waals surface area contributed by atoms with Gasteiger partial charge in [-0.2, -0.15) is 4.31 Å². The highest BCUT2D eigenvalue weighted by atomic mass is 32.2. The minimum absolute atomic E-state index is 0.0267. The molecular weight excluding hydrogens is 508 g/mol. The topological polar surface area (TPSA) is 139 Å². The van der Waals surface area contributed by atoms with Crippen molar-refractivity contribution in [1.29, 1.82) is 0 Å². The molecule has 2 aromatic rings. The lowest BCUT2D eigenvalue weighted by Crippen LogP contribution is -2.50. The maximum atomic E-state index is 13.0. The second-order valence-corrected chi connectivity index (χ2v) is 12.0. The molecule has 11 nitrogen and oxygen atoms in total. The highest BCUT2D eigenvalue weighted by Crippen LogP contribution is 2.40. The van der Waals surface area contributed by atoms with Crippen LogP contribution >= 0.6 is 11.3 Å². The summed E-state index contributed by atoms with van der Waals surface area (Å²) in [6.45, 7) is 2.96. The highest BCUT2D eigenvalue weighted by molar-refractivity contribution is 7.89. The van der Waals surface area contributed by atoms with Crippen LogP contribution in [0.4, 0.5) is 10.7 Å². The Morgan fingerprint density at radius 3 is 2.58 bits per heavy atom. The van der Waals surface area contributed by atoms with Gasteiger partial charge >= 0.3 is 5.97 Å². The molecule has 36 heavy (non-hydrogen) atoms. The van der Waals surface area contributed by atoms with Crippen molar-refractivity contribution in [2.45, 2.75) is 31.1 Å². The molecule has 1 N–H and O–H groups in total. The molecule has 1 aliphatic heterocycles. The molecule has 0 spiro atoms. The molecule has 1 aromatic carbocycles. The molecule has 13 heteroatoms. The van der Waals surface area contributed by atoms with E-state index in [1.165, 1.54) is 47.0 Å². The van der Waals surface area contributed by atoms with E-state index in [0.29, 0.717) is 16.5 Å².